The first kappa shape index (κ1) is 18.9. The van der Waals surface area contributed by atoms with Gasteiger partial charge in [-0.25, -0.2) is 0 Å². The first-order chi connectivity index (χ1) is 13.6. The molecule has 0 saturated carbocycles. The standard InChI is InChI=1S/C24H21BrNOP/c25-28(21-10-4-1-5-11-21,22-12-6-2-7-13-22,23-14-8-3-9-15-23)19-20-16-17-26-24(27)18-20/h1-18H,19H2,(H,26,27). The average molecular weight is 450 g/mol. The van der Waals surface area contributed by atoms with Gasteiger partial charge in [0.05, 0.1) is 0 Å². The van der Waals surface area contributed by atoms with Gasteiger partial charge in [0.1, 0.15) is 0 Å². The molecule has 3 aromatic carbocycles. The molecule has 0 saturated heterocycles. The van der Waals surface area contributed by atoms with Crippen LogP contribution in [0.5, 0.6) is 0 Å². The molecule has 0 amide bonds. The zero-order valence-electron chi connectivity index (χ0n) is 15.3. The summed E-state index contributed by atoms with van der Waals surface area (Å²) in [5.41, 5.74) is 0.930. The van der Waals surface area contributed by atoms with E-state index in [2.05, 4.69) is 93.3 Å². The number of aromatic amines is 1. The Morgan fingerprint density at radius 3 is 1.50 bits per heavy atom. The fourth-order valence-corrected chi connectivity index (χ4v) is 11.6. The van der Waals surface area contributed by atoms with Crippen molar-refractivity contribution in [3.8, 4) is 0 Å². The summed E-state index contributed by atoms with van der Waals surface area (Å²) in [6.45, 7) is 0. The number of hydrogen-bond acceptors (Lipinski definition) is 1. The van der Waals surface area contributed by atoms with Crippen molar-refractivity contribution in [3.63, 3.8) is 0 Å². The van der Waals surface area contributed by atoms with Crippen LogP contribution in [0.4, 0.5) is 0 Å². The van der Waals surface area contributed by atoms with Crippen LogP contribution in [-0.4, -0.2) is 4.98 Å². The topological polar surface area (TPSA) is 32.9 Å². The third-order valence-corrected chi connectivity index (χ3v) is 14.7. The number of rotatable bonds is 5. The summed E-state index contributed by atoms with van der Waals surface area (Å²) in [6, 6.07) is 35.5. The van der Waals surface area contributed by atoms with E-state index in [0.29, 0.717) is 6.16 Å². The first-order valence-corrected chi connectivity index (χ1v) is 13.6. The summed E-state index contributed by atoms with van der Waals surface area (Å²) >= 11 is 4.40. The zero-order valence-corrected chi connectivity index (χ0v) is 17.8. The average Bonchev–Trinajstić information content (AvgIpc) is 2.76. The summed E-state index contributed by atoms with van der Waals surface area (Å²) in [5, 5.41) is 0.682. The van der Waals surface area contributed by atoms with Crippen molar-refractivity contribution in [2.24, 2.45) is 0 Å². The van der Waals surface area contributed by atoms with Gasteiger partial charge in [-0.1, -0.05) is 0 Å². The second-order valence-corrected chi connectivity index (χ2v) is 15.8. The van der Waals surface area contributed by atoms with Crippen molar-refractivity contribution >= 4 is 36.7 Å². The maximum atomic E-state index is 12.0. The monoisotopic (exact) mass is 449 g/mol. The number of aromatic nitrogens is 1. The van der Waals surface area contributed by atoms with Crippen LogP contribution in [0.15, 0.2) is 114 Å². The molecule has 0 aliphatic carbocycles. The van der Waals surface area contributed by atoms with Crippen LogP contribution < -0.4 is 21.5 Å². The molecule has 1 N–H and O–H groups in total. The van der Waals surface area contributed by atoms with Crippen molar-refractivity contribution in [1.82, 2.24) is 4.98 Å². The van der Waals surface area contributed by atoms with E-state index in [-0.39, 0.29) is 5.56 Å². The van der Waals surface area contributed by atoms with Crippen LogP contribution in [0.2, 0.25) is 0 Å². The number of pyridine rings is 1. The van der Waals surface area contributed by atoms with Gasteiger partial charge in [-0.05, 0) is 0 Å². The van der Waals surface area contributed by atoms with E-state index >= 15 is 0 Å². The van der Waals surface area contributed by atoms with Crippen LogP contribution in [-0.2, 0) is 6.16 Å². The first-order valence-electron chi connectivity index (χ1n) is 9.18. The van der Waals surface area contributed by atoms with Crippen molar-refractivity contribution in [2.75, 3.05) is 0 Å². The molecule has 28 heavy (non-hydrogen) atoms. The van der Waals surface area contributed by atoms with Crippen molar-refractivity contribution < 1.29 is 0 Å². The predicted molar refractivity (Wildman–Crippen MR) is 125 cm³/mol. The molecule has 4 rings (SSSR count). The Balaban J connectivity index is 2.10. The van der Waals surface area contributed by atoms with E-state index in [1.54, 1.807) is 12.3 Å². The Morgan fingerprint density at radius 1 is 0.679 bits per heavy atom. The van der Waals surface area contributed by atoms with Gasteiger partial charge in [0, 0.05) is 0 Å². The fourth-order valence-electron chi connectivity index (χ4n) is 3.87. The molecule has 0 atom stereocenters. The van der Waals surface area contributed by atoms with Gasteiger partial charge in [-0.3, -0.25) is 0 Å². The number of halogens is 1. The minimum atomic E-state index is -3.04. The van der Waals surface area contributed by atoms with E-state index in [1.165, 1.54) is 15.9 Å². The Morgan fingerprint density at radius 2 is 1.11 bits per heavy atom. The number of hydrogen-bond donors (Lipinski definition) is 1. The van der Waals surface area contributed by atoms with E-state index in [9.17, 15) is 4.79 Å². The molecule has 2 nitrogen and oxygen atoms in total. The van der Waals surface area contributed by atoms with Crippen LogP contribution in [0.25, 0.3) is 0 Å². The van der Waals surface area contributed by atoms with Gasteiger partial charge in [-0.15, -0.1) is 0 Å². The molecule has 1 heterocycles. The molecule has 0 bridgehead atoms. The fraction of sp³-hybridized carbons (Fsp3) is 0.0417. The molecule has 140 valence electrons. The van der Waals surface area contributed by atoms with Crippen molar-refractivity contribution in [3.05, 3.63) is 125 Å². The second-order valence-electron chi connectivity index (χ2n) is 6.91. The SMILES string of the molecule is O=c1cc(CP(Br)(c2ccccc2)(c2ccccc2)c2ccccc2)cc[nH]1. The Hall–Kier alpha value is -2.48. The Labute approximate surface area is 172 Å². The van der Waals surface area contributed by atoms with Crippen molar-refractivity contribution in [2.45, 2.75) is 6.16 Å². The molecule has 0 spiro atoms. The Kier molecular flexibility index (Phi) is 5.05. The molecule has 0 aliphatic heterocycles. The summed E-state index contributed by atoms with van der Waals surface area (Å²) in [7, 11) is 0. The van der Waals surface area contributed by atoms with E-state index in [4.69, 9.17) is 0 Å². The van der Waals surface area contributed by atoms with Crippen LogP contribution in [0.1, 0.15) is 5.56 Å². The van der Waals surface area contributed by atoms with Gasteiger partial charge in [0.15, 0.2) is 0 Å². The van der Waals surface area contributed by atoms with Gasteiger partial charge < -0.3 is 0 Å². The van der Waals surface area contributed by atoms with Crippen molar-refractivity contribution in [1.29, 1.82) is 0 Å². The quantitative estimate of drug-likeness (QED) is 0.439. The number of nitrogens with one attached hydrogen (secondary N) is 1. The third-order valence-electron chi connectivity index (χ3n) is 5.20. The molecule has 4 heteroatoms. The summed E-state index contributed by atoms with van der Waals surface area (Å²) in [5.74, 6) is 0. The van der Waals surface area contributed by atoms with Crippen LogP contribution in [0.3, 0.4) is 0 Å². The third kappa shape index (κ3) is 3.15. The van der Waals surface area contributed by atoms with Gasteiger partial charge in [-0.2, -0.15) is 0 Å². The summed E-state index contributed by atoms with van der Waals surface area (Å²) in [4.78, 5) is 14.8. The molecule has 0 fully saturated rings. The molecule has 4 aromatic rings. The number of benzene rings is 3. The molecular formula is C24H21BrNOP. The molecule has 0 aliphatic rings. The summed E-state index contributed by atoms with van der Waals surface area (Å²) < 4.78 is 0. The van der Waals surface area contributed by atoms with Crippen LogP contribution in [0, 0.1) is 0 Å². The molecule has 1 aromatic heterocycles. The van der Waals surface area contributed by atoms with E-state index < -0.39 is 5.31 Å². The molecular weight excluding hydrogens is 429 g/mol. The van der Waals surface area contributed by atoms with E-state index in [1.807, 2.05) is 24.3 Å². The predicted octanol–water partition coefficient (Wildman–Crippen LogP) is 4.71. The molecule has 0 unspecified atom stereocenters. The van der Waals surface area contributed by atoms with Gasteiger partial charge in [0.25, 0.3) is 0 Å². The number of H-pyrrole nitrogens is 1. The summed E-state index contributed by atoms with van der Waals surface area (Å²) in [6.07, 6.45) is 2.44. The van der Waals surface area contributed by atoms with E-state index in [0.717, 1.165) is 5.56 Å². The van der Waals surface area contributed by atoms with Gasteiger partial charge in [0.2, 0.25) is 0 Å². The maximum absolute atomic E-state index is 12.0. The second kappa shape index (κ2) is 7.50. The minimum absolute atomic E-state index is 0.0794. The van der Waals surface area contributed by atoms with Crippen LogP contribution >= 0.6 is 20.8 Å². The molecule has 0 radical (unpaired) electrons. The Bertz CT molecular complexity index is 1030. The van der Waals surface area contributed by atoms with Gasteiger partial charge >= 0.3 is 173 Å². The zero-order chi connectivity index (χ0) is 19.5. The normalized spacial score (nSPS) is 12.8.